The first-order valence-electron chi connectivity index (χ1n) is 10.0. The van der Waals surface area contributed by atoms with E-state index >= 15 is 0 Å². The van der Waals surface area contributed by atoms with Crippen LogP contribution in [0.3, 0.4) is 0 Å². The molecule has 34 heavy (non-hydrogen) atoms. The van der Waals surface area contributed by atoms with Crippen molar-refractivity contribution in [3.8, 4) is 11.5 Å². The number of methoxy groups -OCH3 is 1. The van der Waals surface area contributed by atoms with Crippen LogP contribution in [0.2, 0.25) is 0 Å². The van der Waals surface area contributed by atoms with Crippen molar-refractivity contribution in [1.82, 2.24) is 5.43 Å². The molecule has 0 unspecified atom stereocenters. The Bertz CT molecular complexity index is 1370. The number of furan rings is 1. The Morgan fingerprint density at radius 2 is 1.97 bits per heavy atom. The van der Waals surface area contributed by atoms with Gasteiger partial charge >= 0.3 is 5.91 Å². The van der Waals surface area contributed by atoms with Gasteiger partial charge < -0.3 is 13.9 Å². The van der Waals surface area contributed by atoms with Crippen molar-refractivity contribution in [2.75, 3.05) is 7.11 Å². The molecule has 0 radical (unpaired) electrons. The average molecular weight is 524 g/mol. The van der Waals surface area contributed by atoms with E-state index in [1.54, 1.807) is 36.4 Å². The molecule has 172 valence electrons. The highest BCUT2D eigenvalue weighted by molar-refractivity contribution is 9.10. The Hall–Kier alpha value is -4.18. The molecule has 0 saturated heterocycles. The monoisotopic (exact) mass is 523 g/mol. The number of fused-ring (bicyclic) bond motifs is 1. The molecule has 0 spiro atoms. The number of rotatable bonds is 8. The summed E-state index contributed by atoms with van der Waals surface area (Å²) in [6.45, 7) is 0.117. The quantitative estimate of drug-likeness (QED) is 0.186. The molecule has 0 aliphatic carbocycles. The molecule has 0 aliphatic rings. The number of nitrogens with zero attached hydrogens (tertiary/aromatic N) is 2. The molecule has 10 heteroatoms. The molecule has 0 fully saturated rings. The minimum Gasteiger partial charge on any atom is -0.493 e. The number of benzene rings is 3. The molecule has 1 heterocycles. The van der Waals surface area contributed by atoms with Crippen LogP contribution in [0.25, 0.3) is 11.0 Å². The molecule has 0 saturated carbocycles. The number of para-hydroxylation sites is 1. The summed E-state index contributed by atoms with van der Waals surface area (Å²) in [6, 6.07) is 18.5. The molecule has 0 aliphatic heterocycles. The Morgan fingerprint density at radius 1 is 1.15 bits per heavy atom. The molecule has 1 amide bonds. The largest absolute Gasteiger partial charge is 0.493 e. The smallest absolute Gasteiger partial charge is 0.307 e. The van der Waals surface area contributed by atoms with Crippen molar-refractivity contribution in [3.05, 3.63) is 98.2 Å². The van der Waals surface area contributed by atoms with E-state index in [0.717, 1.165) is 5.39 Å². The maximum Gasteiger partial charge on any atom is 0.307 e. The van der Waals surface area contributed by atoms with Crippen molar-refractivity contribution >= 4 is 44.7 Å². The van der Waals surface area contributed by atoms with Crippen LogP contribution < -0.4 is 14.9 Å². The molecule has 0 atom stereocenters. The lowest BCUT2D eigenvalue weighted by Crippen LogP contribution is -2.16. The van der Waals surface area contributed by atoms with Gasteiger partial charge in [-0.2, -0.15) is 5.10 Å². The third-order valence-electron chi connectivity index (χ3n) is 4.82. The number of hydrazone groups is 1. The van der Waals surface area contributed by atoms with Gasteiger partial charge in [0.25, 0.3) is 5.69 Å². The highest BCUT2D eigenvalue weighted by Crippen LogP contribution is 2.33. The highest BCUT2D eigenvalue weighted by atomic mass is 79.9. The molecule has 9 nitrogen and oxygen atoms in total. The lowest BCUT2D eigenvalue weighted by Gasteiger charge is -2.12. The molecular weight excluding hydrogens is 506 g/mol. The number of hydrogen-bond acceptors (Lipinski definition) is 7. The van der Waals surface area contributed by atoms with Crippen LogP contribution in [-0.2, 0) is 6.61 Å². The summed E-state index contributed by atoms with van der Waals surface area (Å²) < 4.78 is 17.4. The number of carbonyl (C=O) groups is 1. The third-order valence-corrected chi connectivity index (χ3v) is 5.50. The summed E-state index contributed by atoms with van der Waals surface area (Å²) in [6.07, 6.45) is 1.46. The van der Waals surface area contributed by atoms with Gasteiger partial charge in [0.05, 0.1) is 18.2 Å². The number of amides is 1. The molecule has 4 rings (SSSR count). The second-order valence-corrected chi connectivity index (χ2v) is 7.94. The number of nitro groups is 1. The summed E-state index contributed by atoms with van der Waals surface area (Å²) in [5.41, 5.74) is 4.32. The van der Waals surface area contributed by atoms with E-state index in [9.17, 15) is 14.9 Å². The van der Waals surface area contributed by atoms with E-state index < -0.39 is 10.8 Å². The fourth-order valence-electron chi connectivity index (χ4n) is 3.15. The first kappa shape index (κ1) is 23.0. The van der Waals surface area contributed by atoms with Gasteiger partial charge in [-0.05, 0) is 45.8 Å². The minimum atomic E-state index is -0.479. The standard InChI is InChI=1S/C24H18BrN3O6/c1-32-21-11-17(13-26-27-24(29)23-10-16-6-2-3-8-20(16)34-23)19(25)12-22(21)33-14-15-5-4-7-18(9-15)28(30)31/h2-13H,14H2,1H3,(H,27,29). The molecule has 0 bridgehead atoms. The average Bonchev–Trinajstić information content (AvgIpc) is 3.28. The Labute approximate surface area is 202 Å². The SMILES string of the molecule is COc1cc(C=NNC(=O)c2cc3ccccc3o2)c(Br)cc1OCc1cccc([N+](=O)[O-])c1. The van der Waals surface area contributed by atoms with E-state index in [0.29, 0.717) is 32.7 Å². The molecule has 4 aromatic rings. The number of hydrogen-bond donors (Lipinski definition) is 1. The maximum absolute atomic E-state index is 12.3. The number of nitrogens with one attached hydrogen (secondary N) is 1. The van der Waals surface area contributed by atoms with Gasteiger partial charge in [-0.1, -0.05) is 30.3 Å². The lowest BCUT2D eigenvalue weighted by atomic mass is 10.2. The molecular formula is C24H18BrN3O6. The summed E-state index contributed by atoms with van der Waals surface area (Å²) >= 11 is 3.46. The van der Waals surface area contributed by atoms with Crippen molar-refractivity contribution in [2.45, 2.75) is 6.61 Å². The van der Waals surface area contributed by atoms with E-state index in [1.807, 2.05) is 18.2 Å². The fraction of sp³-hybridized carbons (Fsp3) is 0.0833. The van der Waals surface area contributed by atoms with E-state index in [2.05, 4.69) is 26.5 Å². The number of nitro benzene ring substituents is 1. The van der Waals surface area contributed by atoms with Crippen LogP contribution in [0, 0.1) is 10.1 Å². The van der Waals surface area contributed by atoms with Crippen LogP contribution in [0.1, 0.15) is 21.7 Å². The summed E-state index contributed by atoms with van der Waals surface area (Å²) in [4.78, 5) is 22.8. The Kier molecular flexibility index (Phi) is 6.88. The normalized spacial score (nSPS) is 11.0. The second kappa shape index (κ2) is 10.2. The molecule has 1 N–H and O–H groups in total. The van der Waals surface area contributed by atoms with Crippen molar-refractivity contribution in [3.63, 3.8) is 0 Å². The fourth-order valence-corrected chi connectivity index (χ4v) is 3.58. The van der Waals surface area contributed by atoms with Crippen molar-refractivity contribution < 1.29 is 23.6 Å². The Morgan fingerprint density at radius 3 is 2.74 bits per heavy atom. The zero-order valence-corrected chi connectivity index (χ0v) is 19.4. The zero-order chi connectivity index (χ0) is 24.1. The molecule has 3 aromatic carbocycles. The second-order valence-electron chi connectivity index (χ2n) is 7.09. The van der Waals surface area contributed by atoms with Crippen molar-refractivity contribution in [2.24, 2.45) is 5.10 Å². The minimum absolute atomic E-state index is 0.00880. The van der Waals surface area contributed by atoms with Crippen LogP contribution in [0.4, 0.5) is 5.69 Å². The number of carbonyl (C=O) groups excluding carboxylic acids is 1. The van der Waals surface area contributed by atoms with Gasteiger partial charge in [-0.25, -0.2) is 5.43 Å². The first-order chi connectivity index (χ1) is 16.4. The van der Waals surface area contributed by atoms with Gasteiger partial charge in [0.15, 0.2) is 17.3 Å². The van der Waals surface area contributed by atoms with Gasteiger partial charge in [0.2, 0.25) is 0 Å². The van der Waals surface area contributed by atoms with E-state index in [4.69, 9.17) is 13.9 Å². The predicted octanol–water partition coefficient (Wildman–Crippen LogP) is 5.46. The van der Waals surface area contributed by atoms with Crippen LogP contribution in [0.5, 0.6) is 11.5 Å². The number of non-ortho nitro benzene ring substituents is 1. The molecule has 1 aromatic heterocycles. The summed E-state index contributed by atoms with van der Waals surface area (Å²) in [7, 11) is 1.49. The van der Waals surface area contributed by atoms with Gasteiger partial charge in [0, 0.05) is 27.6 Å². The van der Waals surface area contributed by atoms with Crippen LogP contribution >= 0.6 is 15.9 Å². The van der Waals surface area contributed by atoms with Gasteiger partial charge in [-0.3, -0.25) is 14.9 Å². The van der Waals surface area contributed by atoms with Crippen molar-refractivity contribution in [1.29, 1.82) is 0 Å². The van der Waals surface area contributed by atoms with Gasteiger partial charge in [-0.15, -0.1) is 0 Å². The lowest BCUT2D eigenvalue weighted by molar-refractivity contribution is -0.384. The predicted molar refractivity (Wildman–Crippen MR) is 129 cm³/mol. The topological polar surface area (TPSA) is 116 Å². The summed E-state index contributed by atoms with van der Waals surface area (Å²) in [5, 5.41) is 15.8. The number of ether oxygens (including phenoxy) is 2. The van der Waals surface area contributed by atoms with Gasteiger partial charge in [0.1, 0.15) is 12.2 Å². The maximum atomic E-state index is 12.3. The third kappa shape index (κ3) is 5.24. The van der Waals surface area contributed by atoms with Crippen LogP contribution in [-0.4, -0.2) is 24.2 Å². The Balaban J connectivity index is 1.44. The van der Waals surface area contributed by atoms with E-state index in [1.165, 1.54) is 25.5 Å². The zero-order valence-electron chi connectivity index (χ0n) is 17.9. The summed E-state index contributed by atoms with van der Waals surface area (Å²) in [5.74, 6) is 0.537. The highest BCUT2D eigenvalue weighted by Gasteiger charge is 2.13. The van der Waals surface area contributed by atoms with Crippen LogP contribution in [0.15, 0.2) is 80.7 Å². The first-order valence-corrected chi connectivity index (χ1v) is 10.8. The number of halogens is 1. The van der Waals surface area contributed by atoms with E-state index in [-0.39, 0.29) is 18.1 Å².